The average Bonchev–Trinajstić information content (AvgIpc) is 2.57. The maximum atomic E-state index is 13.7. The summed E-state index contributed by atoms with van der Waals surface area (Å²) in [4.78, 5) is 11.3. The van der Waals surface area contributed by atoms with Crippen molar-refractivity contribution in [3.63, 3.8) is 0 Å². The summed E-state index contributed by atoms with van der Waals surface area (Å²) in [5.74, 6) is -1.18. The van der Waals surface area contributed by atoms with Crippen molar-refractivity contribution in [2.45, 2.75) is 37.1 Å². The Morgan fingerprint density at radius 3 is 2.85 bits per heavy atom. The second kappa shape index (κ2) is 5.88. The first kappa shape index (κ1) is 14.9. The van der Waals surface area contributed by atoms with Crippen LogP contribution < -0.4 is 10.0 Å². The molecule has 0 aliphatic carbocycles. The van der Waals surface area contributed by atoms with Crippen molar-refractivity contribution in [3.8, 4) is 0 Å². The van der Waals surface area contributed by atoms with Gasteiger partial charge in [-0.2, -0.15) is 4.72 Å². The maximum Gasteiger partial charge on any atom is 0.244 e. The van der Waals surface area contributed by atoms with Crippen LogP contribution in [-0.2, 0) is 14.8 Å². The highest BCUT2D eigenvalue weighted by atomic mass is 32.2. The normalized spacial score (nSPS) is 20.3. The quantitative estimate of drug-likeness (QED) is 0.877. The largest absolute Gasteiger partial charge is 0.355 e. The summed E-state index contributed by atoms with van der Waals surface area (Å²) in [7, 11) is -4.05. The molecule has 1 saturated heterocycles. The molecule has 1 aliphatic rings. The van der Waals surface area contributed by atoms with Crippen LogP contribution in [0.5, 0.6) is 0 Å². The number of carbonyl (C=O) groups is 1. The molecule has 1 aliphatic heterocycles. The van der Waals surface area contributed by atoms with E-state index >= 15 is 0 Å². The lowest BCUT2D eigenvalue weighted by atomic mass is 10.1. The van der Waals surface area contributed by atoms with E-state index in [-0.39, 0.29) is 5.91 Å². The van der Waals surface area contributed by atoms with Gasteiger partial charge in [0.1, 0.15) is 16.8 Å². The van der Waals surface area contributed by atoms with Gasteiger partial charge in [-0.15, -0.1) is 0 Å². The molecular weight excluding hydrogens is 283 g/mol. The van der Waals surface area contributed by atoms with Crippen LogP contribution in [-0.4, -0.2) is 26.9 Å². The summed E-state index contributed by atoms with van der Waals surface area (Å²) < 4.78 is 40.4. The average molecular weight is 300 g/mol. The fraction of sp³-hybridized carbons (Fsp3) is 0.462. The molecular formula is C13H17FN2O3S. The fourth-order valence-electron chi connectivity index (χ4n) is 2.12. The molecule has 7 heteroatoms. The van der Waals surface area contributed by atoms with Crippen LogP contribution in [0.4, 0.5) is 4.39 Å². The zero-order valence-corrected chi connectivity index (χ0v) is 12.0. The summed E-state index contributed by atoms with van der Waals surface area (Å²) in [6.07, 6.45) is 1.96. The second-order valence-corrected chi connectivity index (χ2v) is 6.58. The first-order valence-corrected chi connectivity index (χ1v) is 7.95. The second-order valence-electron chi connectivity index (χ2n) is 4.89. The summed E-state index contributed by atoms with van der Waals surface area (Å²) in [5.41, 5.74) is 0.636. The third kappa shape index (κ3) is 3.34. The number of carbonyl (C=O) groups excluding carboxylic acids is 1. The minimum atomic E-state index is -4.05. The van der Waals surface area contributed by atoms with Gasteiger partial charge in [0.05, 0.1) is 0 Å². The van der Waals surface area contributed by atoms with Gasteiger partial charge in [0.15, 0.2) is 0 Å². The molecule has 0 bridgehead atoms. The number of nitrogens with one attached hydrogen (secondary N) is 2. The topological polar surface area (TPSA) is 75.3 Å². The molecule has 5 nitrogen and oxygen atoms in total. The maximum absolute atomic E-state index is 13.7. The molecule has 110 valence electrons. The number of benzene rings is 1. The van der Waals surface area contributed by atoms with Crippen molar-refractivity contribution in [1.82, 2.24) is 10.0 Å². The van der Waals surface area contributed by atoms with Crippen LogP contribution >= 0.6 is 0 Å². The van der Waals surface area contributed by atoms with Crippen molar-refractivity contribution in [2.24, 2.45) is 0 Å². The Hall–Kier alpha value is -1.47. The highest BCUT2D eigenvalue weighted by Crippen LogP contribution is 2.17. The zero-order chi connectivity index (χ0) is 14.8. The lowest BCUT2D eigenvalue weighted by Crippen LogP contribution is -2.45. The predicted molar refractivity (Wildman–Crippen MR) is 72.1 cm³/mol. The van der Waals surface area contributed by atoms with E-state index in [1.54, 1.807) is 6.92 Å². The third-order valence-corrected chi connectivity index (χ3v) is 4.70. The van der Waals surface area contributed by atoms with Gasteiger partial charge in [0, 0.05) is 6.54 Å². The Morgan fingerprint density at radius 1 is 1.35 bits per heavy atom. The van der Waals surface area contributed by atoms with Crippen LogP contribution in [0.3, 0.4) is 0 Å². The molecule has 1 atom stereocenters. The Morgan fingerprint density at radius 2 is 2.10 bits per heavy atom. The fourth-order valence-corrected chi connectivity index (χ4v) is 3.51. The van der Waals surface area contributed by atoms with Gasteiger partial charge in [0.2, 0.25) is 15.9 Å². The van der Waals surface area contributed by atoms with Crippen LogP contribution in [0, 0.1) is 12.7 Å². The lowest BCUT2D eigenvalue weighted by molar-refractivity contribution is -0.122. The number of aryl methyl sites for hydroxylation is 1. The molecule has 1 fully saturated rings. The van der Waals surface area contributed by atoms with E-state index in [9.17, 15) is 17.6 Å². The number of amides is 1. The molecule has 1 aromatic carbocycles. The summed E-state index contributed by atoms with van der Waals surface area (Å²) in [6, 6.07) is 3.01. The molecule has 0 radical (unpaired) electrons. The molecule has 0 spiro atoms. The van der Waals surface area contributed by atoms with E-state index < -0.39 is 26.8 Å². The van der Waals surface area contributed by atoms with Gasteiger partial charge in [-0.1, -0.05) is 6.07 Å². The summed E-state index contributed by atoms with van der Waals surface area (Å²) in [6.45, 7) is 2.21. The molecule has 0 aromatic heterocycles. The first-order valence-electron chi connectivity index (χ1n) is 6.46. The predicted octanol–water partition coefficient (Wildman–Crippen LogP) is 1.08. The van der Waals surface area contributed by atoms with Crippen molar-refractivity contribution in [3.05, 3.63) is 29.6 Å². The van der Waals surface area contributed by atoms with Crippen molar-refractivity contribution in [1.29, 1.82) is 0 Å². The van der Waals surface area contributed by atoms with Crippen LogP contribution in [0.15, 0.2) is 23.1 Å². The molecule has 0 saturated carbocycles. The first-order chi connectivity index (χ1) is 9.40. The van der Waals surface area contributed by atoms with Gasteiger partial charge in [-0.25, -0.2) is 12.8 Å². The Labute approximate surface area is 117 Å². The highest BCUT2D eigenvalue weighted by Gasteiger charge is 2.28. The van der Waals surface area contributed by atoms with E-state index in [4.69, 9.17) is 0 Å². The van der Waals surface area contributed by atoms with E-state index in [1.807, 2.05) is 0 Å². The number of hydrogen-bond acceptors (Lipinski definition) is 3. The number of hydrogen-bond donors (Lipinski definition) is 2. The lowest BCUT2D eigenvalue weighted by Gasteiger charge is -2.16. The molecule has 2 rings (SSSR count). The zero-order valence-electron chi connectivity index (χ0n) is 11.1. The SMILES string of the molecule is Cc1ccc(F)c(S(=O)(=O)NC2CCCCNC2=O)c1. The molecule has 1 aromatic rings. The van der Waals surface area contributed by atoms with Crippen LogP contribution in [0.25, 0.3) is 0 Å². The van der Waals surface area contributed by atoms with Gasteiger partial charge in [0.25, 0.3) is 0 Å². The number of rotatable bonds is 3. The summed E-state index contributed by atoms with van der Waals surface area (Å²) in [5, 5.41) is 2.64. The number of halogens is 1. The monoisotopic (exact) mass is 300 g/mol. The minimum absolute atomic E-state index is 0.362. The van der Waals surface area contributed by atoms with Gasteiger partial charge in [-0.3, -0.25) is 4.79 Å². The van der Waals surface area contributed by atoms with Crippen molar-refractivity contribution < 1.29 is 17.6 Å². The van der Waals surface area contributed by atoms with Gasteiger partial charge >= 0.3 is 0 Å². The highest BCUT2D eigenvalue weighted by molar-refractivity contribution is 7.89. The van der Waals surface area contributed by atoms with Gasteiger partial charge in [-0.05, 0) is 43.9 Å². The van der Waals surface area contributed by atoms with Crippen LogP contribution in [0.2, 0.25) is 0 Å². The standard InChI is InChI=1S/C13H17FN2O3S/c1-9-5-6-10(14)12(8-9)20(18,19)16-11-4-2-3-7-15-13(11)17/h5-6,8,11,16H,2-4,7H2,1H3,(H,15,17). The molecule has 1 heterocycles. The van der Waals surface area contributed by atoms with Crippen LogP contribution in [0.1, 0.15) is 24.8 Å². The Kier molecular flexibility index (Phi) is 4.39. The van der Waals surface area contributed by atoms with E-state index in [2.05, 4.69) is 10.0 Å². The van der Waals surface area contributed by atoms with Crippen molar-refractivity contribution >= 4 is 15.9 Å². The van der Waals surface area contributed by atoms with Gasteiger partial charge < -0.3 is 5.32 Å². The smallest absolute Gasteiger partial charge is 0.244 e. The molecule has 2 N–H and O–H groups in total. The summed E-state index contributed by atoms with van der Waals surface area (Å²) >= 11 is 0. The minimum Gasteiger partial charge on any atom is -0.355 e. The van der Waals surface area contributed by atoms with E-state index in [0.29, 0.717) is 18.5 Å². The Balaban J connectivity index is 2.26. The third-order valence-electron chi connectivity index (χ3n) is 3.21. The molecule has 1 unspecified atom stereocenters. The van der Waals surface area contributed by atoms with E-state index in [1.165, 1.54) is 12.1 Å². The van der Waals surface area contributed by atoms with Crippen molar-refractivity contribution in [2.75, 3.05) is 6.54 Å². The molecule has 20 heavy (non-hydrogen) atoms. The number of sulfonamides is 1. The Bertz CT molecular complexity index is 616. The van der Waals surface area contributed by atoms with E-state index in [0.717, 1.165) is 18.9 Å². The molecule has 1 amide bonds.